The Balaban J connectivity index is 4.12. The minimum absolute atomic E-state index is 0.0465. The van der Waals surface area contributed by atoms with Crippen molar-refractivity contribution in [2.75, 3.05) is 41.0 Å². The lowest BCUT2D eigenvalue weighted by atomic mass is 10.0. The molecule has 0 aliphatic carbocycles. The summed E-state index contributed by atoms with van der Waals surface area (Å²) in [5.41, 5.74) is 0. The average Bonchev–Trinajstić information content (AvgIpc) is 3.28. The maximum Gasteiger partial charge on any atom is 0.306 e. The van der Waals surface area contributed by atoms with Gasteiger partial charge in [-0.3, -0.25) is 9.59 Å². The van der Waals surface area contributed by atoms with Gasteiger partial charge in [0.05, 0.1) is 40.3 Å². The number of esters is 2. The molecule has 0 radical (unpaired) electrons. The number of rotatable bonds is 53. The zero-order valence-electron chi connectivity index (χ0n) is 44.6. The first-order valence-electron chi connectivity index (χ1n) is 28.7. The Labute approximate surface area is 409 Å². The zero-order chi connectivity index (χ0) is 48.4. The van der Waals surface area contributed by atoms with Crippen LogP contribution in [-0.4, -0.2) is 75.5 Å². The quantitative estimate of drug-likeness (QED) is 0.0259. The first-order valence-corrected chi connectivity index (χ1v) is 28.7. The highest BCUT2D eigenvalue weighted by atomic mass is 16.6. The number of carboxylic acids is 1. The van der Waals surface area contributed by atoms with Gasteiger partial charge in [0.1, 0.15) is 12.6 Å². The van der Waals surface area contributed by atoms with Gasteiger partial charge < -0.3 is 28.6 Å². The summed E-state index contributed by atoms with van der Waals surface area (Å²) in [6.45, 7) is 4.72. The maximum absolute atomic E-state index is 12.8. The Hall–Kier alpha value is -1.93. The van der Waals surface area contributed by atoms with Crippen LogP contribution in [0, 0.1) is 0 Å². The molecule has 0 bridgehead atoms. The van der Waals surface area contributed by atoms with Crippen LogP contribution in [0.5, 0.6) is 0 Å². The SMILES string of the molecule is CCCCCCCC/C=C\CCCCCCCCCCCC(=O)OC(COCCC(C(=O)[O-])[N+](C)(C)C)COC(=O)CCCCCCCCCCCCCCCCCCCCCCCCC. The summed E-state index contributed by atoms with van der Waals surface area (Å²) in [5, 5.41) is 11.7. The zero-order valence-corrected chi connectivity index (χ0v) is 44.6. The van der Waals surface area contributed by atoms with Crippen LogP contribution in [0.15, 0.2) is 12.2 Å². The van der Waals surface area contributed by atoms with Crippen molar-refractivity contribution in [3.8, 4) is 0 Å². The average molecular weight is 935 g/mol. The first kappa shape index (κ1) is 64.1. The normalized spacial score (nSPS) is 12.8. The molecule has 66 heavy (non-hydrogen) atoms. The number of carbonyl (C=O) groups excluding carboxylic acids is 3. The minimum atomic E-state index is -1.12. The van der Waals surface area contributed by atoms with Crippen molar-refractivity contribution in [3.63, 3.8) is 0 Å². The fraction of sp³-hybridized carbons (Fsp3) is 0.914. The number of aliphatic carboxylic acids is 1. The van der Waals surface area contributed by atoms with Gasteiger partial charge in [-0.1, -0.05) is 244 Å². The van der Waals surface area contributed by atoms with Crippen molar-refractivity contribution < 1.29 is 38.2 Å². The van der Waals surface area contributed by atoms with E-state index in [2.05, 4.69) is 26.0 Å². The van der Waals surface area contributed by atoms with Crippen LogP contribution in [-0.2, 0) is 28.6 Å². The Morgan fingerprint density at radius 3 is 1.09 bits per heavy atom. The molecule has 0 saturated carbocycles. The molecule has 0 aliphatic rings. The van der Waals surface area contributed by atoms with Crippen molar-refractivity contribution in [1.29, 1.82) is 0 Å². The van der Waals surface area contributed by atoms with Crippen molar-refractivity contribution in [2.24, 2.45) is 0 Å². The van der Waals surface area contributed by atoms with Gasteiger partial charge >= 0.3 is 11.9 Å². The Kier molecular flexibility index (Phi) is 48.0. The van der Waals surface area contributed by atoms with Crippen LogP contribution in [0.25, 0.3) is 0 Å². The minimum Gasteiger partial charge on any atom is -0.544 e. The van der Waals surface area contributed by atoms with E-state index < -0.39 is 18.1 Å². The number of allylic oxidation sites excluding steroid dienone is 2. The van der Waals surface area contributed by atoms with E-state index in [1.165, 1.54) is 218 Å². The summed E-state index contributed by atoms with van der Waals surface area (Å²) in [5.74, 6) is -1.71. The molecule has 0 aromatic carbocycles. The predicted molar refractivity (Wildman–Crippen MR) is 278 cm³/mol. The fourth-order valence-electron chi connectivity index (χ4n) is 8.95. The molecule has 0 aromatic rings. The van der Waals surface area contributed by atoms with E-state index in [0.29, 0.717) is 12.8 Å². The second-order valence-electron chi connectivity index (χ2n) is 20.9. The Morgan fingerprint density at radius 1 is 0.439 bits per heavy atom. The van der Waals surface area contributed by atoms with Crippen LogP contribution in [0.2, 0.25) is 0 Å². The lowest BCUT2D eigenvalue weighted by Gasteiger charge is -2.34. The van der Waals surface area contributed by atoms with E-state index in [0.717, 1.165) is 38.5 Å². The third kappa shape index (κ3) is 47.1. The van der Waals surface area contributed by atoms with Crippen molar-refractivity contribution in [2.45, 2.75) is 302 Å². The number of nitrogens with zero attached hydrogens (tertiary/aromatic N) is 1. The number of hydrogen-bond acceptors (Lipinski definition) is 7. The predicted octanol–water partition coefficient (Wildman–Crippen LogP) is 15.7. The maximum atomic E-state index is 12.8. The second-order valence-corrected chi connectivity index (χ2v) is 20.9. The van der Waals surface area contributed by atoms with Crippen molar-refractivity contribution >= 4 is 17.9 Å². The summed E-state index contributed by atoms with van der Waals surface area (Å²) in [6.07, 6.45) is 56.8. The van der Waals surface area contributed by atoms with Gasteiger partial charge in [-0.05, 0) is 38.5 Å². The standard InChI is InChI=1S/C58H111NO7/c1-6-8-10-12-14-16-18-20-22-24-26-27-28-29-31-32-34-36-38-40-42-44-46-48-56(60)65-53-54(52-64-51-50-55(58(62)63)59(3,4)5)66-57(61)49-47-45-43-41-39-37-35-33-30-25-23-21-19-17-15-13-11-9-7-2/h21,23,54-55H,6-20,22,24-53H2,1-5H3/b23-21-. The van der Waals surface area contributed by atoms with E-state index >= 15 is 0 Å². The monoisotopic (exact) mass is 934 g/mol. The molecule has 0 amide bonds. The lowest BCUT2D eigenvalue weighted by Crippen LogP contribution is -2.55. The highest BCUT2D eigenvalue weighted by Crippen LogP contribution is 2.17. The number of ether oxygens (including phenoxy) is 3. The molecule has 0 fully saturated rings. The van der Waals surface area contributed by atoms with E-state index in [9.17, 15) is 19.5 Å². The van der Waals surface area contributed by atoms with E-state index in [4.69, 9.17) is 14.2 Å². The molecule has 0 aliphatic heterocycles. The number of carboxylic acid groups (broad SMARTS) is 1. The number of quaternary nitrogens is 1. The summed E-state index contributed by atoms with van der Waals surface area (Å²) < 4.78 is 17.3. The van der Waals surface area contributed by atoms with Gasteiger partial charge in [0.15, 0.2) is 6.10 Å². The van der Waals surface area contributed by atoms with Gasteiger partial charge in [-0.15, -0.1) is 0 Å². The molecule has 2 unspecified atom stereocenters. The topological polar surface area (TPSA) is 102 Å². The molecule has 0 rings (SSSR count). The van der Waals surface area contributed by atoms with Crippen molar-refractivity contribution in [1.82, 2.24) is 0 Å². The number of carbonyl (C=O) groups is 3. The Morgan fingerprint density at radius 2 is 0.758 bits per heavy atom. The third-order valence-corrected chi connectivity index (χ3v) is 13.4. The molecular weight excluding hydrogens is 823 g/mol. The molecule has 2 atom stereocenters. The van der Waals surface area contributed by atoms with Gasteiger partial charge in [-0.2, -0.15) is 0 Å². The molecule has 0 heterocycles. The van der Waals surface area contributed by atoms with Gasteiger partial charge in [0.2, 0.25) is 0 Å². The smallest absolute Gasteiger partial charge is 0.306 e. The molecule has 0 aromatic heterocycles. The molecule has 390 valence electrons. The van der Waals surface area contributed by atoms with Crippen molar-refractivity contribution in [3.05, 3.63) is 12.2 Å². The highest BCUT2D eigenvalue weighted by Gasteiger charge is 2.25. The fourth-order valence-corrected chi connectivity index (χ4v) is 8.95. The number of likely N-dealkylation sites (N-methyl/N-ethyl adjacent to an activating group) is 1. The van der Waals surface area contributed by atoms with Crippen LogP contribution < -0.4 is 5.11 Å². The van der Waals surface area contributed by atoms with E-state index in [1.807, 2.05) is 21.1 Å². The first-order chi connectivity index (χ1) is 32.1. The molecule has 0 N–H and O–H groups in total. The van der Waals surface area contributed by atoms with E-state index in [1.54, 1.807) is 0 Å². The summed E-state index contributed by atoms with van der Waals surface area (Å²) in [6, 6.07) is -0.723. The summed E-state index contributed by atoms with van der Waals surface area (Å²) in [7, 11) is 5.43. The third-order valence-electron chi connectivity index (χ3n) is 13.4. The van der Waals surface area contributed by atoms with Crippen LogP contribution >= 0.6 is 0 Å². The molecule has 0 spiro atoms. The van der Waals surface area contributed by atoms with Gasteiger partial charge in [0, 0.05) is 19.3 Å². The van der Waals surface area contributed by atoms with E-state index in [-0.39, 0.29) is 42.7 Å². The van der Waals surface area contributed by atoms with Crippen LogP contribution in [0.1, 0.15) is 290 Å². The molecular formula is C58H111NO7. The molecule has 0 saturated heterocycles. The molecule has 8 nitrogen and oxygen atoms in total. The molecule has 8 heteroatoms. The Bertz CT molecular complexity index is 1090. The summed E-state index contributed by atoms with van der Waals surface area (Å²) >= 11 is 0. The second kappa shape index (κ2) is 49.5. The highest BCUT2D eigenvalue weighted by molar-refractivity contribution is 5.70. The number of hydrogen-bond donors (Lipinski definition) is 0. The largest absolute Gasteiger partial charge is 0.544 e. The number of unbranched alkanes of at least 4 members (excludes halogenated alkanes) is 37. The van der Waals surface area contributed by atoms with Gasteiger partial charge in [-0.25, -0.2) is 0 Å². The van der Waals surface area contributed by atoms with Crippen LogP contribution in [0.3, 0.4) is 0 Å². The van der Waals surface area contributed by atoms with Gasteiger partial charge in [0.25, 0.3) is 0 Å². The summed E-state index contributed by atoms with van der Waals surface area (Å²) in [4.78, 5) is 37.1. The lowest BCUT2D eigenvalue weighted by molar-refractivity contribution is -0.889. The van der Waals surface area contributed by atoms with Crippen LogP contribution in [0.4, 0.5) is 0 Å².